The van der Waals surface area contributed by atoms with Crippen molar-refractivity contribution in [1.82, 2.24) is 24.6 Å². The van der Waals surface area contributed by atoms with E-state index >= 15 is 0 Å². The first-order chi connectivity index (χ1) is 17.9. The first-order valence-electron chi connectivity index (χ1n) is 13.1. The highest BCUT2D eigenvalue weighted by atomic mass is 35.5. The van der Waals surface area contributed by atoms with Gasteiger partial charge in [0.1, 0.15) is 11.6 Å². The van der Waals surface area contributed by atoms with Crippen molar-refractivity contribution in [2.45, 2.75) is 40.0 Å². The summed E-state index contributed by atoms with van der Waals surface area (Å²) in [6.07, 6.45) is 4.61. The molecule has 8 heteroatoms. The van der Waals surface area contributed by atoms with E-state index in [1.807, 2.05) is 64.3 Å². The van der Waals surface area contributed by atoms with Gasteiger partial charge in [-0.2, -0.15) is 5.10 Å². The van der Waals surface area contributed by atoms with Crippen molar-refractivity contribution in [1.29, 1.82) is 0 Å². The Labute approximate surface area is 223 Å². The van der Waals surface area contributed by atoms with E-state index < -0.39 is 0 Å². The highest BCUT2D eigenvalue weighted by molar-refractivity contribution is 6.30. The quantitative estimate of drug-likeness (QED) is 0.320. The monoisotopic (exact) mass is 516 g/mol. The van der Waals surface area contributed by atoms with E-state index in [0.717, 1.165) is 53.2 Å². The van der Waals surface area contributed by atoms with Gasteiger partial charge < -0.3 is 9.80 Å². The Kier molecular flexibility index (Phi) is 7.42. The molecule has 1 amide bonds. The number of carbonyl (C=O) groups is 1. The highest BCUT2D eigenvalue weighted by Crippen LogP contribution is 2.28. The Hall–Kier alpha value is -3.45. The molecule has 0 aliphatic carbocycles. The Morgan fingerprint density at radius 3 is 2.46 bits per heavy atom. The summed E-state index contributed by atoms with van der Waals surface area (Å²) in [6.45, 7) is 9.23. The van der Waals surface area contributed by atoms with Crippen LogP contribution in [0.3, 0.4) is 0 Å². The lowest BCUT2D eigenvalue weighted by molar-refractivity contribution is 0.0746. The SMILES string of the molecule is CCc1ccc(C(=O)N2CCN(c3nc(CCC(C)C)nc4c3cnn4-c3cccc(Cl)c3)CC2)cc1. The van der Waals surface area contributed by atoms with Crippen LogP contribution in [-0.2, 0) is 12.8 Å². The van der Waals surface area contributed by atoms with E-state index in [4.69, 9.17) is 21.6 Å². The number of fused-ring (bicyclic) bond motifs is 1. The van der Waals surface area contributed by atoms with E-state index in [1.165, 1.54) is 5.56 Å². The maximum atomic E-state index is 13.1. The zero-order valence-corrected chi connectivity index (χ0v) is 22.4. The van der Waals surface area contributed by atoms with Gasteiger partial charge in [0.05, 0.1) is 17.3 Å². The molecule has 1 saturated heterocycles. The van der Waals surface area contributed by atoms with Crippen LogP contribution in [0.15, 0.2) is 54.7 Å². The molecule has 1 fully saturated rings. The summed E-state index contributed by atoms with van der Waals surface area (Å²) in [4.78, 5) is 27.2. The minimum Gasteiger partial charge on any atom is -0.352 e. The topological polar surface area (TPSA) is 67.2 Å². The molecule has 0 radical (unpaired) electrons. The van der Waals surface area contributed by atoms with Crippen LogP contribution >= 0.6 is 11.6 Å². The number of nitrogens with zero attached hydrogens (tertiary/aromatic N) is 6. The maximum absolute atomic E-state index is 13.1. The van der Waals surface area contributed by atoms with Crippen molar-refractivity contribution in [3.05, 3.63) is 76.7 Å². The van der Waals surface area contributed by atoms with E-state index in [2.05, 4.69) is 30.8 Å². The molecule has 37 heavy (non-hydrogen) atoms. The zero-order chi connectivity index (χ0) is 25.9. The fraction of sp³-hybridized carbons (Fsp3) is 0.379. The average molecular weight is 517 g/mol. The van der Waals surface area contributed by atoms with Crippen molar-refractivity contribution in [2.24, 2.45) is 5.92 Å². The van der Waals surface area contributed by atoms with Gasteiger partial charge in [-0.1, -0.05) is 50.6 Å². The molecule has 5 rings (SSSR count). The molecule has 0 unspecified atom stereocenters. The lowest BCUT2D eigenvalue weighted by atomic mass is 10.1. The van der Waals surface area contributed by atoms with Gasteiger partial charge in [0.25, 0.3) is 5.91 Å². The summed E-state index contributed by atoms with van der Waals surface area (Å²) in [5, 5.41) is 6.22. The number of amides is 1. The second-order valence-electron chi connectivity index (χ2n) is 10.00. The minimum atomic E-state index is 0.0848. The van der Waals surface area contributed by atoms with Crippen LogP contribution in [0, 0.1) is 5.92 Å². The summed E-state index contributed by atoms with van der Waals surface area (Å²) >= 11 is 6.27. The molecule has 0 saturated carbocycles. The van der Waals surface area contributed by atoms with Crippen LogP contribution in [-0.4, -0.2) is 56.7 Å². The average Bonchev–Trinajstić information content (AvgIpc) is 3.35. The maximum Gasteiger partial charge on any atom is 0.253 e. The Balaban J connectivity index is 1.42. The second kappa shape index (κ2) is 10.9. The molecule has 3 heterocycles. The van der Waals surface area contributed by atoms with Crippen molar-refractivity contribution in [3.63, 3.8) is 0 Å². The van der Waals surface area contributed by atoms with Gasteiger partial charge in [-0.25, -0.2) is 14.6 Å². The van der Waals surface area contributed by atoms with Crippen LogP contribution in [0.5, 0.6) is 0 Å². The number of rotatable bonds is 7. The Morgan fingerprint density at radius 2 is 1.78 bits per heavy atom. The Morgan fingerprint density at radius 1 is 1.03 bits per heavy atom. The number of halogens is 1. The molecular formula is C29H33ClN6O. The fourth-order valence-electron chi connectivity index (χ4n) is 4.69. The number of aryl methyl sites for hydroxylation is 2. The number of hydrogen-bond acceptors (Lipinski definition) is 5. The summed E-state index contributed by atoms with van der Waals surface area (Å²) in [6, 6.07) is 15.6. The number of hydrogen-bond donors (Lipinski definition) is 0. The standard InChI is InChI=1S/C29H33ClN6O/c1-4-21-9-11-22(12-10-21)29(37)35-16-14-34(15-17-35)27-25-19-31-36(24-7-5-6-23(30)18-24)28(25)33-26(32-27)13-8-20(2)3/h5-7,9-12,18-20H,4,8,13-17H2,1-3H3. The molecule has 7 nitrogen and oxygen atoms in total. The number of anilines is 1. The molecule has 1 aliphatic heterocycles. The van der Waals surface area contributed by atoms with E-state index in [1.54, 1.807) is 0 Å². The predicted molar refractivity (Wildman–Crippen MR) is 149 cm³/mol. The number of piperazine rings is 1. The third-order valence-corrected chi connectivity index (χ3v) is 7.16. The van der Waals surface area contributed by atoms with Crippen molar-refractivity contribution in [2.75, 3.05) is 31.1 Å². The van der Waals surface area contributed by atoms with Crippen molar-refractivity contribution >= 4 is 34.4 Å². The van der Waals surface area contributed by atoms with Gasteiger partial charge in [0, 0.05) is 43.2 Å². The summed E-state index contributed by atoms with van der Waals surface area (Å²) in [5.41, 5.74) is 3.63. The summed E-state index contributed by atoms with van der Waals surface area (Å²) < 4.78 is 1.84. The van der Waals surface area contributed by atoms with Gasteiger partial charge in [0.15, 0.2) is 5.65 Å². The molecule has 0 spiro atoms. The van der Waals surface area contributed by atoms with Gasteiger partial charge >= 0.3 is 0 Å². The third-order valence-electron chi connectivity index (χ3n) is 6.93. The fourth-order valence-corrected chi connectivity index (χ4v) is 4.88. The molecule has 4 aromatic rings. The first kappa shape index (κ1) is 25.2. The van der Waals surface area contributed by atoms with Gasteiger partial charge in [-0.15, -0.1) is 0 Å². The third kappa shape index (κ3) is 5.47. The van der Waals surface area contributed by atoms with Crippen molar-refractivity contribution < 1.29 is 4.79 Å². The van der Waals surface area contributed by atoms with E-state index in [0.29, 0.717) is 37.1 Å². The predicted octanol–water partition coefficient (Wildman–Crippen LogP) is 5.58. The molecule has 2 aromatic heterocycles. The number of carbonyl (C=O) groups excluding carboxylic acids is 1. The van der Waals surface area contributed by atoms with Gasteiger partial charge in [-0.05, 0) is 54.7 Å². The minimum absolute atomic E-state index is 0.0848. The van der Waals surface area contributed by atoms with E-state index in [9.17, 15) is 4.79 Å². The summed E-state index contributed by atoms with van der Waals surface area (Å²) in [5.74, 6) is 2.34. The molecular weight excluding hydrogens is 484 g/mol. The normalized spacial score (nSPS) is 14.1. The smallest absolute Gasteiger partial charge is 0.253 e. The molecule has 0 N–H and O–H groups in total. The van der Waals surface area contributed by atoms with E-state index in [-0.39, 0.29) is 5.91 Å². The highest BCUT2D eigenvalue weighted by Gasteiger charge is 2.26. The number of benzene rings is 2. The number of aromatic nitrogens is 4. The van der Waals surface area contributed by atoms with Crippen LogP contribution in [0.25, 0.3) is 16.7 Å². The van der Waals surface area contributed by atoms with Crippen LogP contribution in [0.2, 0.25) is 5.02 Å². The molecule has 1 aliphatic rings. The molecule has 0 atom stereocenters. The van der Waals surface area contributed by atoms with Crippen LogP contribution in [0.4, 0.5) is 5.82 Å². The van der Waals surface area contributed by atoms with Crippen LogP contribution < -0.4 is 4.90 Å². The zero-order valence-electron chi connectivity index (χ0n) is 21.7. The van der Waals surface area contributed by atoms with Crippen LogP contribution in [0.1, 0.15) is 48.9 Å². The summed E-state index contributed by atoms with van der Waals surface area (Å²) in [7, 11) is 0. The lowest BCUT2D eigenvalue weighted by Gasteiger charge is -2.35. The molecule has 0 bridgehead atoms. The first-order valence-corrected chi connectivity index (χ1v) is 13.4. The van der Waals surface area contributed by atoms with Crippen molar-refractivity contribution in [3.8, 4) is 5.69 Å². The second-order valence-corrected chi connectivity index (χ2v) is 10.4. The molecule has 2 aromatic carbocycles. The lowest BCUT2D eigenvalue weighted by Crippen LogP contribution is -2.49. The van der Waals surface area contributed by atoms with Gasteiger partial charge in [0.2, 0.25) is 0 Å². The largest absolute Gasteiger partial charge is 0.352 e. The molecule has 192 valence electrons. The Bertz CT molecular complexity index is 1390. The van der Waals surface area contributed by atoms with Gasteiger partial charge in [-0.3, -0.25) is 4.79 Å².